The van der Waals surface area contributed by atoms with Crippen LogP contribution in [0.1, 0.15) is 77.2 Å². The number of carboxylic acid groups (broad SMARTS) is 1. The van der Waals surface area contributed by atoms with Gasteiger partial charge in [0.1, 0.15) is 48.0 Å². The lowest BCUT2D eigenvalue weighted by Gasteiger charge is -2.30. The van der Waals surface area contributed by atoms with Gasteiger partial charge in [0.05, 0.1) is 19.2 Å². The zero-order valence-electron chi connectivity index (χ0n) is 37.9. The Bertz CT molecular complexity index is 1910. The van der Waals surface area contributed by atoms with Crippen molar-refractivity contribution in [3.05, 3.63) is 29.8 Å². The van der Waals surface area contributed by atoms with E-state index in [9.17, 15) is 58.5 Å². The third-order valence-corrected chi connectivity index (χ3v) is 11.1. The molecule has 3 rings (SSSR count). The molecule has 25 nitrogen and oxygen atoms in total. The quantitative estimate of drug-likeness (QED) is 0.0223. The molecule has 0 aliphatic carbocycles. The standard InChI is InChI=1S/C42H67N13O12/c1-23(34(59)50-24(2)35(60)52-29(41(66)67)8-3-4-16-43)49-33(58)21-48-36(61)30(20-25-12-14-26(57)15-13-25)53-39(64)32-11-7-19-55(32)40(65)31(22-56)54-38(63)28(10-6-18-47-42(44)45)51-37(62)27-9-5-17-46-27/h12-15,23-24,27-32,46,56-57H,3-11,16-22,43H2,1-2H3,(H,48,61)(H,49,58)(H,50,59)(H,51,62)(H,52,60)(H,53,64)(H,54,63)(H,66,67)(H4,44,45,47)/t23-,24-,27-,28-,29-,30-,31-,32-/m0/s1. The molecule has 2 saturated heterocycles. The molecule has 8 amide bonds. The Morgan fingerprint density at radius 3 is 2.03 bits per heavy atom. The molecule has 17 N–H and O–H groups in total. The molecular weight excluding hydrogens is 879 g/mol. The van der Waals surface area contributed by atoms with E-state index in [1.165, 1.54) is 43.0 Å². The van der Waals surface area contributed by atoms with Crippen LogP contribution in [0.15, 0.2) is 29.3 Å². The fourth-order valence-electron chi connectivity index (χ4n) is 7.36. The number of hydrogen-bond acceptors (Lipinski definition) is 14. The van der Waals surface area contributed by atoms with Crippen molar-refractivity contribution in [2.45, 2.75) is 126 Å². The first-order valence-electron chi connectivity index (χ1n) is 22.3. The van der Waals surface area contributed by atoms with E-state index in [2.05, 4.69) is 47.5 Å². The van der Waals surface area contributed by atoms with E-state index in [0.717, 1.165) is 6.42 Å². The monoisotopic (exact) mass is 946 g/mol. The molecule has 0 aromatic heterocycles. The van der Waals surface area contributed by atoms with Gasteiger partial charge in [0.15, 0.2) is 5.96 Å². The number of carbonyl (C=O) groups is 9. The number of aliphatic hydroxyl groups is 1. The number of nitrogens with one attached hydrogen (secondary N) is 8. The topological polar surface area (TPSA) is 404 Å². The molecule has 0 bridgehead atoms. The maximum atomic E-state index is 13.9. The summed E-state index contributed by atoms with van der Waals surface area (Å²) in [6, 6.07) is -3.42. The number of nitrogens with two attached hydrogens (primary N) is 3. The summed E-state index contributed by atoms with van der Waals surface area (Å²) in [5.74, 6) is -7.35. The maximum Gasteiger partial charge on any atom is 0.326 e. The molecule has 0 saturated carbocycles. The zero-order chi connectivity index (χ0) is 49.6. The average Bonchev–Trinajstić information content (AvgIpc) is 4.02. The molecule has 1 aromatic carbocycles. The lowest BCUT2D eigenvalue weighted by Crippen LogP contribution is -2.59. The minimum absolute atomic E-state index is 0.0578. The van der Waals surface area contributed by atoms with Gasteiger partial charge in [-0.25, -0.2) is 4.79 Å². The lowest BCUT2D eigenvalue weighted by atomic mass is 10.0. The van der Waals surface area contributed by atoms with Gasteiger partial charge < -0.3 is 80.0 Å². The van der Waals surface area contributed by atoms with Gasteiger partial charge in [-0.05, 0) is 102 Å². The molecule has 372 valence electrons. The Kier molecular flexibility index (Phi) is 22.7. The molecule has 2 aliphatic heterocycles. The van der Waals surface area contributed by atoms with Crippen molar-refractivity contribution in [2.24, 2.45) is 22.2 Å². The van der Waals surface area contributed by atoms with Crippen LogP contribution < -0.4 is 59.7 Å². The summed E-state index contributed by atoms with van der Waals surface area (Å²) >= 11 is 0. The number of unbranched alkanes of at least 4 members (excludes halogenated alkanes) is 1. The maximum absolute atomic E-state index is 13.9. The summed E-state index contributed by atoms with van der Waals surface area (Å²) in [6.45, 7) is 2.37. The first-order valence-corrected chi connectivity index (χ1v) is 22.3. The molecule has 67 heavy (non-hydrogen) atoms. The Labute approximate surface area is 387 Å². The van der Waals surface area contributed by atoms with Gasteiger partial charge in [-0.2, -0.15) is 0 Å². The molecule has 25 heteroatoms. The molecule has 2 heterocycles. The second-order valence-corrected chi connectivity index (χ2v) is 16.4. The Hall–Kier alpha value is -6.60. The number of amides is 8. The minimum Gasteiger partial charge on any atom is -0.508 e. The van der Waals surface area contributed by atoms with Crippen LogP contribution >= 0.6 is 0 Å². The van der Waals surface area contributed by atoms with Crippen molar-refractivity contribution < 1.29 is 58.5 Å². The van der Waals surface area contributed by atoms with Gasteiger partial charge in [0.25, 0.3) is 0 Å². The fourth-order valence-corrected chi connectivity index (χ4v) is 7.36. The lowest BCUT2D eigenvalue weighted by molar-refractivity contribution is -0.143. The van der Waals surface area contributed by atoms with Crippen LogP contribution in [-0.4, -0.2) is 167 Å². The number of benzene rings is 1. The van der Waals surface area contributed by atoms with Crippen molar-refractivity contribution in [2.75, 3.05) is 39.3 Å². The predicted octanol–water partition coefficient (Wildman–Crippen LogP) is -5.00. The van der Waals surface area contributed by atoms with Crippen molar-refractivity contribution in [3.8, 4) is 5.75 Å². The van der Waals surface area contributed by atoms with Crippen molar-refractivity contribution in [1.29, 1.82) is 0 Å². The van der Waals surface area contributed by atoms with E-state index >= 15 is 0 Å². The van der Waals surface area contributed by atoms with Gasteiger partial charge in [-0.3, -0.25) is 43.3 Å². The second-order valence-electron chi connectivity index (χ2n) is 16.4. The smallest absolute Gasteiger partial charge is 0.326 e. The van der Waals surface area contributed by atoms with E-state index in [4.69, 9.17) is 17.2 Å². The number of aliphatic hydroxyl groups excluding tert-OH is 1. The number of phenolic OH excluding ortho intramolecular Hbond substituents is 1. The number of aliphatic carboxylic acids is 1. The van der Waals surface area contributed by atoms with Gasteiger partial charge in [0.2, 0.25) is 47.3 Å². The average molecular weight is 946 g/mol. The van der Waals surface area contributed by atoms with Gasteiger partial charge in [0, 0.05) is 19.5 Å². The summed E-state index contributed by atoms with van der Waals surface area (Å²) in [4.78, 5) is 123. The SMILES string of the molecule is C[C@H](NC(=O)CNC(=O)[C@H](Cc1ccc(O)cc1)NC(=O)[C@@H]1CCCN1C(=O)[C@H](CO)NC(=O)[C@H](CCCN=C(N)N)NC(=O)[C@@H]1CCCN1)C(=O)N[C@@H](C)C(=O)N[C@@H](CCCCN)C(=O)O. The van der Waals surface area contributed by atoms with Gasteiger partial charge in [-0.15, -0.1) is 0 Å². The molecule has 0 unspecified atom stereocenters. The van der Waals surface area contributed by atoms with Crippen molar-refractivity contribution in [1.82, 2.24) is 47.4 Å². The van der Waals surface area contributed by atoms with Crippen LogP contribution in [0.5, 0.6) is 5.75 Å². The van der Waals surface area contributed by atoms with Crippen molar-refractivity contribution in [3.63, 3.8) is 0 Å². The van der Waals surface area contributed by atoms with Crippen LogP contribution in [0.3, 0.4) is 0 Å². The highest BCUT2D eigenvalue weighted by atomic mass is 16.4. The number of aliphatic imine (C=N–C) groups is 1. The van der Waals surface area contributed by atoms with Crippen LogP contribution in [0.2, 0.25) is 0 Å². The minimum atomic E-state index is -1.51. The molecular formula is C42H67N13O12. The highest BCUT2D eigenvalue weighted by Gasteiger charge is 2.40. The van der Waals surface area contributed by atoms with Crippen LogP contribution in [0.25, 0.3) is 0 Å². The Balaban J connectivity index is 1.65. The summed E-state index contributed by atoms with van der Waals surface area (Å²) in [7, 11) is 0. The first-order chi connectivity index (χ1) is 31.8. The molecule has 2 aliphatic rings. The zero-order valence-corrected chi connectivity index (χ0v) is 37.9. The number of carboxylic acids is 1. The molecule has 1 aromatic rings. The van der Waals surface area contributed by atoms with Crippen LogP contribution in [0, 0.1) is 0 Å². The molecule has 8 atom stereocenters. The molecule has 0 radical (unpaired) electrons. The Morgan fingerprint density at radius 1 is 0.761 bits per heavy atom. The third-order valence-electron chi connectivity index (χ3n) is 11.1. The summed E-state index contributed by atoms with van der Waals surface area (Å²) in [5.41, 5.74) is 16.8. The van der Waals surface area contributed by atoms with E-state index in [1.54, 1.807) is 0 Å². The number of aromatic hydroxyl groups is 1. The second kappa shape index (κ2) is 27.8. The van der Waals surface area contributed by atoms with Crippen molar-refractivity contribution >= 4 is 59.2 Å². The van der Waals surface area contributed by atoms with Crippen LogP contribution in [0.4, 0.5) is 0 Å². The number of nitrogens with zero attached hydrogens (tertiary/aromatic N) is 2. The first kappa shape index (κ1) is 54.7. The van der Waals surface area contributed by atoms with Crippen LogP contribution in [-0.2, 0) is 49.6 Å². The Morgan fingerprint density at radius 2 is 1.40 bits per heavy atom. The van der Waals surface area contributed by atoms with E-state index in [0.29, 0.717) is 44.3 Å². The van der Waals surface area contributed by atoms with E-state index in [-0.39, 0.29) is 56.9 Å². The van der Waals surface area contributed by atoms with E-state index in [1.807, 2.05) is 0 Å². The fraction of sp³-hybridized carbons (Fsp3) is 0.619. The summed E-state index contributed by atoms with van der Waals surface area (Å²) in [6.07, 6.45) is 3.27. The van der Waals surface area contributed by atoms with E-state index < -0.39 is 115 Å². The number of carbonyl (C=O) groups excluding carboxylic acids is 8. The third kappa shape index (κ3) is 18.3. The number of hydrogen-bond donors (Lipinski definition) is 14. The molecule has 2 fully saturated rings. The largest absolute Gasteiger partial charge is 0.508 e. The van der Waals surface area contributed by atoms with Gasteiger partial charge in [-0.1, -0.05) is 12.1 Å². The normalized spacial score (nSPS) is 18.1. The number of likely N-dealkylation sites (tertiary alicyclic amines) is 1. The van der Waals surface area contributed by atoms with Gasteiger partial charge >= 0.3 is 5.97 Å². The highest BCUT2D eigenvalue weighted by Crippen LogP contribution is 2.20. The number of phenols is 1. The number of guanidine groups is 1. The number of rotatable bonds is 27. The summed E-state index contributed by atoms with van der Waals surface area (Å²) in [5, 5.41) is 50.1. The highest BCUT2D eigenvalue weighted by molar-refractivity contribution is 5.97. The predicted molar refractivity (Wildman–Crippen MR) is 241 cm³/mol. The molecule has 0 spiro atoms. The summed E-state index contributed by atoms with van der Waals surface area (Å²) < 4.78 is 0.